The first kappa shape index (κ1) is 20.0. The number of hydrogen-bond donors (Lipinski definition) is 0. The molecule has 0 spiro atoms. The molecule has 0 aromatic heterocycles. The Morgan fingerprint density at radius 1 is 1.08 bits per heavy atom. The Morgan fingerprint density at radius 2 is 1.62 bits per heavy atom. The molecule has 0 saturated carbocycles. The second-order valence-electron chi connectivity index (χ2n) is 4.39. The van der Waals surface area contributed by atoms with E-state index in [1.54, 1.807) is 0 Å². The van der Waals surface area contributed by atoms with Crippen LogP contribution in [0.1, 0.15) is 20.7 Å². The topological polar surface area (TPSA) is 46.6 Å². The van der Waals surface area contributed by atoms with Gasteiger partial charge in [-0.05, 0) is 36.4 Å². The number of aldehydes is 1. The molecule has 0 aliphatic rings. The van der Waals surface area contributed by atoms with Gasteiger partial charge in [-0.1, -0.05) is 23.2 Å². The van der Waals surface area contributed by atoms with E-state index in [4.69, 9.17) is 23.2 Å². The van der Waals surface area contributed by atoms with Gasteiger partial charge in [0.2, 0.25) is 0 Å². The van der Waals surface area contributed by atoms with Crippen molar-refractivity contribution >= 4 is 35.4 Å². The lowest BCUT2D eigenvalue weighted by Gasteiger charge is -2.13. The molecule has 4 nitrogen and oxygen atoms in total. The van der Waals surface area contributed by atoms with E-state index < -0.39 is 17.5 Å². The van der Waals surface area contributed by atoms with Gasteiger partial charge in [0.15, 0.2) is 6.29 Å². The average molecular weight is 376 g/mol. The van der Waals surface area contributed by atoms with Gasteiger partial charge in [-0.2, -0.15) is 0 Å². The van der Waals surface area contributed by atoms with Crippen LogP contribution in [0.5, 0.6) is 0 Å². The summed E-state index contributed by atoms with van der Waals surface area (Å²) in [5.41, 5.74) is -0.116. The highest BCUT2D eigenvalue weighted by Gasteiger charge is 2.16. The van der Waals surface area contributed by atoms with E-state index in [2.05, 4.69) is 4.84 Å². The molecule has 128 valence electrons. The zero-order valence-corrected chi connectivity index (χ0v) is 14.2. The fraction of sp³-hybridized carbons (Fsp3) is 0.125. The number of benzene rings is 2. The molecule has 0 aliphatic heterocycles. The van der Waals surface area contributed by atoms with Crippen LogP contribution in [0.2, 0.25) is 10.0 Å². The SMILES string of the molecule is CON(C)C(=O)c1cc(Cl)ccc1F.O=Cc1cc(Cl)ccc1F. The molecule has 2 aromatic carbocycles. The van der Waals surface area contributed by atoms with E-state index >= 15 is 0 Å². The fourth-order valence-electron chi connectivity index (χ4n) is 1.52. The standard InChI is InChI=1S/C9H9ClFNO2.C7H4ClFO/c1-12(14-2)9(13)7-5-6(10)3-4-8(7)11;8-6-1-2-7(9)5(3-6)4-10/h3-5H,1-2H3;1-4H. The Hall–Kier alpha value is -2.02. The molecule has 1 amide bonds. The highest BCUT2D eigenvalue weighted by Crippen LogP contribution is 2.16. The Morgan fingerprint density at radius 3 is 2.12 bits per heavy atom. The third-order valence-corrected chi connectivity index (χ3v) is 3.27. The lowest BCUT2D eigenvalue weighted by Crippen LogP contribution is -2.26. The molecular formula is C16H13Cl2F2NO3. The van der Waals surface area contributed by atoms with Crippen LogP contribution in [0.4, 0.5) is 8.78 Å². The van der Waals surface area contributed by atoms with E-state index in [-0.39, 0.29) is 11.1 Å². The lowest BCUT2D eigenvalue weighted by atomic mass is 10.2. The van der Waals surface area contributed by atoms with Gasteiger partial charge in [-0.3, -0.25) is 14.4 Å². The molecule has 8 heteroatoms. The van der Waals surface area contributed by atoms with Crippen LogP contribution in [0.15, 0.2) is 36.4 Å². The van der Waals surface area contributed by atoms with Gasteiger partial charge in [-0.25, -0.2) is 13.8 Å². The molecule has 0 radical (unpaired) electrons. The summed E-state index contributed by atoms with van der Waals surface area (Å²) in [6.07, 6.45) is 0.432. The molecule has 0 fully saturated rings. The van der Waals surface area contributed by atoms with Crippen molar-refractivity contribution in [1.29, 1.82) is 0 Å². The molecule has 0 saturated heterocycles. The van der Waals surface area contributed by atoms with E-state index in [0.717, 1.165) is 17.2 Å². The number of nitrogens with zero attached hydrogens (tertiary/aromatic N) is 1. The Balaban J connectivity index is 0.000000254. The molecule has 0 N–H and O–H groups in total. The molecule has 2 rings (SSSR count). The Labute approximate surface area is 147 Å². The largest absolute Gasteiger partial charge is 0.298 e. The predicted molar refractivity (Wildman–Crippen MR) is 87.3 cm³/mol. The van der Waals surface area contributed by atoms with Crippen molar-refractivity contribution in [1.82, 2.24) is 5.06 Å². The van der Waals surface area contributed by atoms with E-state index in [0.29, 0.717) is 16.3 Å². The van der Waals surface area contributed by atoms with Gasteiger partial charge in [0.25, 0.3) is 5.91 Å². The maximum absolute atomic E-state index is 13.2. The smallest absolute Gasteiger partial charge is 0.280 e. The summed E-state index contributed by atoms with van der Waals surface area (Å²) in [7, 11) is 2.71. The Bertz CT molecular complexity index is 741. The first-order chi connectivity index (χ1) is 11.3. The molecule has 0 heterocycles. The highest BCUT2D eigenvalue weighted by molar-refractivity contribution is 6.31. The first-order valence-corrected chi connectivity index (χ1v) is 7.23. The second kappa shape index (κ2) is 9.32. The van der Waals surface area contributed by atoms with Crippen LogP contribution in [0.3, 0.4) is 0 Å². The number of hydroxylamine groups is 2. The van der Waals surface area contributed by atoms with Crippen molar-refractivity contribution in [3.8, 4) is 0 Å². The molecule has 0 atom stereocenters. The van der Waals surface area contributed by atoms with Crippen molar-refractivity contribution in [3.05, 3.63) is 69.2 Å². The zero-order valence-electron chi connectivity index (χ0n) is 12.7. The van der Waals surface area contributed by atoms with Crippen molar-refractivity contribution in [2.24, 2.45) is 0 Å². The number of carbonyl (C=O) groups is 2. The molecule has 0 bridgehead atoms. The quantitative estimate of drug-likeness (QED) is 0.589. The minimum atomic E-state index is -0.622. The van der Waals surface area contributed by atoms with Crippen LogP contribution in [-0.2, 0) is 4.84 Å². The Kier molecular flexibility index (Phi) is 7.78. The summed E-state index contributed by atoms with van der Waals surface area (Å²) in [5, 5.41) is 1.59. The molecule has 24 heavy (non-hydrogen) atoms. The summed E-state index contributed by atoms with van der Waals surface area (Å²) >= 11 is 11.1. The van der Waals surface area contributed by atoms with Gasteiger partial charge >= 0.3 is 0 Å². The minimum Gasteiger partial charge on any atom is -0.298 e. The van der Waals surface area contributed by atoms with Crippen molar-refractivity contribution in [2.45, 2.75) is 0 Å². The van der Waals surface area contributed by atoms with Gasteiger partial charge in [0.1, 0.15) is 11.6 Å². The van der Waals surface area contributed by atoms with Crippen LogP contribution in [-0.4, -0.2) is 31.4 Å². The number of halogens is 4. The normalized spacial score (nSPS) is 9.75. The summed E-state index contributed by atoms with van der Waals surface area (Å²) in [6, 6.07) is 7.61. The molecule has 0 unspecified atom stereocenters. The lowest BCUT2D eigenvalue weighted by molar-refractivity contribution is -0.0759. The third-order valence-electron chi connectivity index (χ3n) is 2.80. The van der Waals surface area contributed by atoms with Crippen LogP contribution < -0.4 is 0 Å². The number of hydrogen-bond acceptors (Lipinski definition) is 3. The van der Waals surface area contributed by atoms with Crippen molar-refractivity contribution in [3.63, 3.8) is 0 Å². The summed E-state index contributed by atoms with van der Waals surface area (Å²) in [4.78, 5) is 26.2. The van der Waals surface area contributed by atoms with Crippen LogP contribution in [0.25, 0.3) is 0 Å². The highest BCUT2D eigenvalue weighted by atomic mass is 35.5. The summed E-state index contributed by atoms with van der Waals surface area (Å²) < 4.78 is 25.6. The molecule has 2 aromatic rings. The predicted octanol–water partition coefficient (Wildman–Crippen LogP) is 4.40. The van der Waals surface area contributed by atoms with Gasteiger partial charge in [0, 0.05) is 17.1 Å². The minimum absolute atomic E-state index is 0.00694. The van der Waals surface area contributed by atoms with Crippen molar-refractivity contribution in [2.75, 3.05) is 14.2 Å². The summed E-state index contributed by atoms with van der Waals surface area (Å²) in [6.45, 7) is 0. The van der Waals surface area contributed by atoms with E-state index in [1.165, 1.54) is 38.4 Å². The second-order valence-corrected chi connectivity index (χ2v) is 5.27. The maximum Gasteiger partial charge on any atom is 0.280 e. The summed E-state index contributed by atoms with van der Waals surface area (Å²) in [5.74, 6) is -1.74. The van der Waals surface area contributed by atoms with E-state index in [1.807, 2.05) is 0 Å². The molecular weight excluding hydrogens is 363 g/mol. The zero-order chi connectivity index (χ0) is 18.3. The monoisotopic (exact) mass is 375 g/mol. The van der Waals surface area contributed by atoms with Gasteiger partial charge in [-0.15, -0.1) is 0 Å². The number of carbonyl (C=O) groups excluding carboxylic acids is 2. The third kappa shape index (κ3) is 5.56. The molecule has 0 aliphatic carbocycles. The van der Waals surface area contributed by atoms with Crippen LogP contribution in [0, 0.1) is 11.6 Å². The average Bonchev–Trinajstić information content (AvgIpc) is 2.58. The first-order valence-electron chi connectivity index (χ1n) is 6.47. The van der Waals surface area contributed by atoms with Crippen LogP contribution >= 0.6 is 23.2 Å². The van der Waals surface area contributed by atoms with Gasteiger partial charge < -0.3 is 0 Å². The fourth-order valence-corrected chi connectivity index (χ4v) is 1.87. The number of rotatable bonds is 3. The van der Waals surface area contributed by atoms with Gasteiger partial charge in [0.05, 0.1) is 18.2 Å². The number of amides is 1. The van der Waals surface area contributed by atoms with Crippen molar-refractivity contribution < 1.29 is 23.2 Å². The van der Waals surface area contributed by atoms with E-state index in [9.17, 15) is 18.4 Å². The maximum atomic E-state index is 13.2.